The van der Waals surface area contributed by atoms with Crippen molar-refractivity contribution in [2.24, 2.45) is 0 Å². The van der Waals surface area contributed by atoms with Crippen molar-refractivity contribution in [1.82, 2.24) is 15.5 Å². The molecule has 1 N–H and O–H groups in total. The minimum atomic E-state index is 0.325. The van der Waals surface area contributed by atoms with Crippen molar-refractivity contribution in [2.45, 2.75) is 40.3 Å². The van der Waals surface area contributed by atoms with Crippen molar-refractivity contribution in [2.75, 3.05) is 6.54 Å². The fraction of sp³-hybridized carbons (Fsp3) is 0.467. The third kappa shape index (κ3) is 3.81. The molecule has 5 heteroatoms. The normalized spacial score (nSPS) is 10.8. The van der Waals surface area contributed by atoms with Gasteiger partial charge in [-0.25, -0.2) is 0 Å². The Balaban J connectivity index is 2.02. The number of benzene rings is 1. The summed E-state index contributed by atoms with van der Waals surface area (Å²) in [5.74, 6) is 1.45. The minimum absolute atomic E-state index is 0.325. The molecule has 0 saturated heterocycles. The minimum Gasteiger partial charge on any atom is -0.485 e. The molecule has 0 saturated carbocycles. The van der Waals surface area contributed by atoms with Crippen LogP contribution < -0.4 is 10.1 Å². The van der Waals surface area contributed by atoms with E-state index in [1.165, 1.54) is 12.0 Å². The molecular weight excluding hydrogens is 254 g/mol. The molecule has 0 bridgehead atoms. The Kier molecular flexibility index (Phi) is 5.12. The Hall–Kier alpha value is -1.88. The standard InChI is InChI=1S/C15H21N3O2/c1-4-5-16-8-13-6-11(2)15(12(3)7-13)19-9-14-17-10-20-18-14/h6-7,10,16H,4-5,8-9H2,1-3H3. The highest BCUT2D eigenvalue weighted by molar-refractivity contribution is 5.43. The van der Waals surface area contributed by atoms with E-state index in [2.05, 4.69) is 52.9 Å². The van der Waals surface area contributed by atoms with Gasteiger partial charge in [0, 0.05) is 6.54 Å². The summed E-state index contributed by atoms with van der Waals surface area (Å²) in [6.45, 7) is 8.53. The van der Waals surface area contributed by atoms with Crippen molar-refractivity contribution in [3.05, 3.63) is 41.0 Å². The van der Waals surface area contributed by atoms with Crippen LogP contribution in [0, 0.1) is 13.8 Å². The summed E-state index contributed by atoms with van der Waals surface area (Å²) in [5.41, 5.74) is 3.53. The lowest BCUT2D eigenvalue weighted by Gasteiger charge is -2.13. The summed E-state index contributed by atoms with van der Waals surface area (Å²) < 4.78 is 10.5. The second-order valence-electron chi connectivity index (χ2n) is 4.87. The van der Waals surface area contributed by atoms with Crippen LogP contribution in [-0.4, -0.2) is 16.7 Å². The van der Waals surface area contributed by atoms with Crippen LogP contribution in [0.4, 0.5) is 0 Å². The second-order valence-corrected chi connectivity index (χ2v) is 4.87. The molecule has 2 rings (SSSR count). The Morgan fingerprint density at radius 2 is 2.00 bits per heavy atom. The smallest absolute Gasteiger partial charge is 0.213 e. The molecule has 5 nitrogen and oxygen atoms in total. The van der Waals surface area contributed by atoms with Gasteiger partial charge in [-0.1, -0.05) is 24.2 Å². The van der Waals surface area contributed by atoms with Crippen LogP contribution in [-0.2, 0) is 13.2 Å². The maximum absolute atomic E-state index is 5.79. The lowest BCUT2D eigenvalue weighted by molar-refractivity contribution is 0.283. The fourth-order valence-corrected chi connectivity index (χ4v) is 2.17. The summed E-state index contributed by atoms with van der Waals surface area (Å²) in [6, 6.07) is 4.31. The molecule has 0 fully saturated rings. The summed E-state index contributed by atoms with van der Waals surface area (Å²) in [7, 11) is 0. The van der Waals surface area contributed by atoms with Crippen molar-refractivity contribution in [1.29, 1.82) is 0 Å². The third-order valence-corrected chi connectivity index (χ3v) is 3.03. The van der Waals surface area contributed by atoms with E-state index in [4.69, 9.17) is 4.74 Å². The number of aromatic nitrogens is 2. The van der Waals surface area contributed by atoms with Gasteiger partial charge in [0.2, 0.25) is 12.2 Å². The molecule has 0 aliphatic carbocycles. The Bertz CT molecular complexity index is 515. The summed E-state index contributed by atoms with van der Waals surface area (Å²) in [4.78, 5) is 3.95. The molecule has 0 radical (unpaired) electrons. The zero-order valence-electron chi connectivity index (χ0n) is 12.3. The number of nitrogens with zero attached hydrogens (tertiary/aromatic N) is 2. The first kappa shape index (κ1) is 14.5. The van der Waals surface area contributed by atoms with Crippen molar-refractivity contribution in [3.63, 3.8) is 0 Å². The van der Waals surface area contributed by atoms with Gasteiger partial charge in [-0.2, -0.15) is 4.98 Å². The molecule has 20 heavy (non-hydrogen) atoms. The van der Waals surface area contributed by atoms with Gasteiger partial charge in [0.05, 0.1) is 0 Å². The molecule has 0 unspecified atom stereocenters. The molecule has 0 atom stereocenters. The molecule has 0 aliphatic rings. The van der Waals surface area contributed by atoms with E-state index in [1.807, 2.05) is 0 Å². The first-order chi connectivity index (χ1) is 9.70. The summed E-state index contributed by atoms with van der Waals surface area (Å²) in [6.07, 6.45) is 2.45. The monoisotopic (exact) mass is 275 g/mol. The number of hydrogen-bond acceptors (Lipinski definition) is 5. The summed E-state index contributed by atoms with van der Waals surface area (Å²) >= 11 is 0. The number of ether oxygens (including phenoxy) is 1. The van der Waals surface area contributed by atoms with Gasteiger partial charge in [-0.05, 0) is 43.5 Å². The van der Waals surface area contributed by atoms with Gasteiger partial charge in [-0.15, -0.1) is 0 Å². The van der Waals surface area contributed by atoms with Crippen LogP contribution in [0.2, 0.25) is 0 Å². The summed E-state index contributed by atoms with van der Waals surface area (Å²) in [5, 5.41) is 7.14. The van der Waals surface area contributed by atoms with Gasteiger partial charge < -0.3 is 14.6 Å². The average molecular weight is 275 g/mol. The van der Waals surface area contributed by atoms with Crippen molar-refractivity contribution in [3.8, 4) is 5.75 Å². The number of hydrogen-bond donors (Lipinski definition) is 1. The van der Waals surface area contributed by atoms with Gasteiger partial charge in [-0.3, -0.25) is 0 Å². The predicted octanol–water partition coefficient (Wildman–Crippen LogP) is 2.77. The average Bonchev–Trinajstić information content (AvgIpc) is 2.91. The molecule has 1 heterocycles. The molecule has 1 aromatic heterocycles. The predicted molar refractivity (Wildman–Crippen MR) is 76.5 cm³/mol. The van der Waals surface area contributed by atoms with E-state index in [-0.39, 0.29) is 0 Å². The second kappa shape index (κ2) is 7.05. The van der Waals surface area contributed by atoms with Crippen LogP contribution in [0.15, 0.2) is 23.0 Å². The Morgan fingerprint density at radius 1 is 1.25 bits per heavy atom. The van der Waals surface area contributed by atoms with E-state index >= 15 is 0 Å². The number of nitrogens with one attached hydrogen (secondary N) is 1. The topological polar surface area (TPSA) is 60.2 Å². The van der Waals surface area contributed by atoms with E-state index in [9.17, 15) is 0 Å². The molecule has 0 aliphatic heterocycles. The zero-order chi connectivity index (χ0) is 14.4. The first-order valence-corrected chi connectivity index (χ1v) is 6.89. The molecule has 2 aromatic rings. The van der Waals surface area contributed by atoms with Crippen LogP contribution in [0.3, 0.4) is 0 Å². The van der Waals surface area contributed by atoms with Gasteiger partial charge >= 0.3 is 0 Å². The fourth-order valence-electron chi connectivity index (χ4n) is 2.17. The van der Waals surface area contributed by atoms with Crippen LogP contribution in [0.1, 0.15) is 35.9 Å². The van der Waals surface area contributed by atoms with Crippen LogP contribution >= 0.6 is 0 Å². The van der Waals surface area contributed by atoms with Gasteiger partial charge in [0.15, 0.2) is 6.61 Å². The Morgan fingerprint density at radius 3 is 2.60 bits per heavy atom. The Labute approximate surface area is 119 Å². The SMILES string of the molecule is CCCNCc1cc(C)c(OCc2ncon2)c(C)c1. The quantitative estimate of drug-likeness (QED) is 0.787. The lowest BCUT2D eigenvalue weighted by atomic mass is 10.1. The molecule has 108 valence electrons. The third-order valence-electron chi connectivity index (χ3n) is 3.03. The molecular formula is C15H21N3O2. The maximum atomic E-state index is 5.79. The largest absolute Gasteiger partial charge is 0.485 e. The molecule has 1 aromatic carbocycles. The van der Waals surface area contributed by atoms with E-state index < -0.39 is 0 Å². The molecule has 0 spiro atoms. The van der Waals surface area contributed by atoms with E-state index in [0.29, 0.717) is 12.4 Å². The van der Waals surface area contributed by atoms with Crippen LogP contribution in [0.25, 0.3) is 0 Å². The zero-order valence-corrected chi connectivity index (χ0v) is 12.3. The lowest BCUT2D eigenvalue weighted by Crippen LogP contribution is -2.14. The first-order valence-electron chi connectivity index (χ1n) is 6.89. The highest BCUT2D eigenvalue weighted by Gasteiger charge is 2.08. The van der Waals surface area contributed by atoms with Crippen LogP contribution in [0.5, 0.6) is 5.75 Å². The highest BCUT2D eigenvalue weighted by Crippen LogP contribution is 2.25. The highest BCUT2D eigenvalue weighted by atomic mass is 16.5. The number of aryl methyl sites for hydroxylation is 2. The van der Waals surface area contributed by atoms with Gasteiger partial charge in [0.25, 0.3) is 0 Å². The van der Waals surface area contributed by atoms with Gasteiger partial charge in [0.1, 0.15) is 5.75 Å². The van der Waals surface area contributed by atoms with E-state index in [1.54, 1.807) is 0 Å². The van der Waals surface area contributed by atoms with Crippen molar-refractivity contribution >= 4 is 0 Å². The maximum Gasteiger partial charge on any atom is 0.213 e. The van der Waals surface area contributed by atoms with E-state index in [0.717, 1.165) is 36.4 Å². The number of rotatable bonds is 7. The van der Waals surface area contributed by atoms with Crippen molar-refractivity contribution < 1.29 is 9.26 Å². The molecule has 0 amide bonds.